The Morgan fingerprint density at radius 2 is 2.54 bits per heavy atom. The first-order valence-corrected chi connectivity index (χ1v) is 4.92. The number of nitrogens with zero attached hydrogens (tertiary/aromatic N) is 2. The van der Waals surface area contributed by atoms with Crippen molar-refractivity contribution >= 4 is 22.6 Å². The number of anilines is 1. The summed E-state index contributed by atoms with van der Waals surface area (Å²) in [6.45, 7) is 0.283. The van der Waals surface area contributed by atoms with E-state index in [1.165, 1.54) is 17.9 Å². The molecule has 0 saturated heterocycles. The lowest BCUT2D eigenvalue weighted by Crippen LogP contribution is -2.31. The molecule has 1 aromatic rings. The van der Waals surface area contributed by atoms with E-state index in [1.807, 2.05) is 0 Å². The van der Waals surface area contributed by atoms with Crippen LogP contribution in [0.15, 0.2) is 6.33 Å². The van der Waals surface area contributed by atoms with Gasteiger partial charge in [0.2, 0.25) is 11.0 Å². The minimum absolute atomic E-state index is 0.0256. The molecule has 0 aliphatic heterocycles. The van der Waals surface area contributed by atoms with Crippen molar-refractivity contribution in [2.75, 3.05) is 11.9 Å². The summed E-state index contributed by atoms with van der Waals surface area (Å²) in [7, 11) is 0. The van der Waals surface area contributed by atoms with Gasteiger partial charge >= 0.3 is 0 Å². The molecule has 1 amide bonds. The molecule has 5 nitrogen and oxygen atoms in total. The van der Waals surface area contributed by atoms with Gasteiger partial charge in [0, 0.05) is 17.6 Å². The highest BCUT2D eigenvalue weighted by Gasteiger charge is 2.22. The quantitative estimate of drug-likeness (QED) is 0.726. The molecule has 0 radical (unpaired) electrons. The zero-order chi connectivity index (χ0) is 9.10. The summed E-state index contributed by atoms with van der Waals surface area (Å²) >= 11 is 1.25. The van der Waals surface area contributed by atoms with Crippen LogP contribution in [0.4, 0.5) is 5.13 Å². The first-order valence-electron chi connectivity index (χ1n) is 4.14. The zero-order valence-corrected chi connectivity index (χ0v) is 7.80. The molecule has 2 N–H and O–H groups in total. The van der Waals surface area contributed by atoms with Crippen LogP contribution < -0.4 is 10.6 Å². The van der Waals surface area contributed by atoms with Crippen LogP contribution in [0.2, 0.25) is 0 Å². The van der Waals surface area contributed by atoms with Crippen molar-refractivity contribution in [2.45, 2.75) is 18.9 Å². The fourth-order valence-electron chi connectivity index (χ4n) is 0.913. The summed E-state index contributed by atoms with van der Waals surface area (Å²) in [6, 6.07) is 0.420. The van der Waals surface area contributed by atoms with Gasteiger partial charge in [-0.3, -0.25) is 4.79 Å². The minimum atomic E-state index is 0.0256. The van der Waals surface area contributed by atoms with Crippen LogP contribution in [-0.4, -0.2) is 27.9 Å². The van der Waals surface area contributed by atoms with Crippen molar-refractivity contribution in [1.29, 1.82) is 0 Å². The Labute approximate surface area is 79.7 Å². The molecule has 13 heavy (non-hydrogen) atoms. The van der Waals surface area contributed by atoms with E-state index in [9.17, 15) is 4.79 Å². The van der Waals surface area contributed by atoms with E-state index in [2.05, 4.69) is 20.0 Å². The third kappa shape index (κ3) is 2.66. The third-order valence-electron chi connectivity index (χ3n) is 1.70. The van der Waals surface area contributed by atoms with Gasteiger partial charge in [-0.25, -0.2) is 4.98 Å². The van der Waals surface area contributed by atoms with E-state index in [4.69, 9.17) is 0 Å². The van der Waals surface area contributed by atoms with Crippen LogP contribution in [0.25, 0.3) is 0 Å². The van der Waals surface area contributed by atoms with Crippen LogP contribution in [0.1, 0.15) is 12.8 Å². The number of carbonyl (C=O) groups excluding carboxylic acids is 1. The Hall–Kier alpha value is -1.17. The van der Waals surface area contributed by atoms with Gasteiger partial charge < -0.3 is 10.6 Å². The topological polar surface area (TPSA) is 66.9 Å². The van der Waals surface area contributed by atoms with E-state index in [0.717, 1.165) is 12.8 Å². The van der Waals surface area contributed by atoms with Crippen molar-refractivity contribution in [2.24, 2.45) is 0 Å². The lowest BCUT2D eigenvalue weighted by Gasteiger charge is -2.02. The second-order valence-electron chi connectivity index (χ2n) is 2.94. The number of hydrogen-bond donors (Lipinski definition) is 2. The number of hydrogen-bond acceptors (Lipinski definition) is 5. The van der Waals surface area contributed by atoms with E-state index >= 15 is 0 Å². The summed E-state index contributed by atoms with van der Waals surface area (Å²) < 4.78 is 3.81. The molecule has 0 unspecified atom stereocenters. The molecule has 0 atom stereocenters. The Morgan fingerprint density at radius 1 is 1.69 bits per heavy atom. The van der Waals surface area contributed by atoms with Gasteiger partial charge in [0.15, 0.2) is 0 Å². The zero-order valence-electron chi connectivity index (χ0n) is 6.99. The SMILES string of the molecule is O=C(CNc1ncns1)NC1CC1. The van der Waals surface area contributed by atoms with Crippen LogP contribution in [0, 0.1) is 0 Å². The number of nitrogens with one attached hydrogen (secondary N) is 2. The molecule has 0 bridgehead atoms. The molecule has 1 saturated carbocycles. The number of carbonyl (C=O) groups is 1. The Morgan fingerprint density at radius 3 is 3.15 bits per heavy atom. The van der Waals surface area contributed by atoms with Gasteiger partial charge in [-0.1, -0.05) is 0 Å². The summed E-state index contributed by atoms with van der Waals surface area (Å²) in [5.74, 6) is 0.0256. The Balaban J connectivity index is 1.69. The van der Waals surface area contributed by atoms with Gasteiger partial charge in [-0.05, 0) is 12.8 Å². The van der Waals surface area contributed by atoms with Crippen LogP contribution in [0.3, 0.4) is 0 Å². The first-order chi connectivity index (χ1) is 6.34. The summed E-state index contributed by atoms with van der Waals surface area (Å²) in [6.07, 6.45) is 3.70. The Kier molecular flexibility index (Phi) is 2.40. The molecule has 1 aromatic heterocycles. The number of amides is 1. The van der Waals surface area contributed by atoms with Gasteiger partial charge in [0.25, 0.3) is 0 Å². The first kappa shape index (κ1) is 8.43. The summed E-state index contributed by atoms with van der Waals surface area (Å²) in [5.41, 5.74) is 0. The van der Waals surface area contributed by atoms with Gasteiger partial charge in [0.05, 0.1) is 6.54 Å². The molecule has 1 fully saturated rings. The molecular formula is C7H10N4OS. The summed E-state index contributed by atoms with van der Waals surface area (Å²) in [5, 5.41) is 6.45. The lowest BCUT2D eigenvalue weighted by atomic mass is 10.5. The van der Waals surface area contributed by atoms with Crippen LogP contribution in [0.5, 0.6) is 0 Å². The lowest BCUT2D eigenvalue weighted by molar-refractivity contribution is -0.119. The molecule has 1 aliphatic rings. The van der Waals surface area contributed by atoms with Crippen molar-refractivity contribution in [3.63, 3.8) is 0 Å². The molecule has 0 spiro atoms. The largest absolute Gasteiger partial charge is 0.352 e. The van der Waals surface area contributed by atoms with E-state index < -0.39 is 0 Å². The maximum Gasteiger partial charge on any atom is 0.239 e. The number of rotatable bonds is 4. The average Bonchev–Trinajstić information content (AvgIpc) is 2.78. The molecule has 1 aliphatic carbocycles. The number of aromatic nitrogens is 2. The van der Waals surface area contributed by atoms with Gasteiger partial charge in [0.1, 0.15) is 6.33 Å². The molecule has 2 rings (SSSR count). The fraction of sp³-hybridized carbons (Fsp3) is 0.571. The van der Waals surface area contributed by atoms with E-state index in [-0.39, 0.29) is 12.5 Å². The van der Waals surface area contributed by atoms with Gasteiger partial charge in [-0.2, -0.15) is 4.37 Å². The van der Waals surface area contributed by atoms with Crippen molar-refractivity contribution in [3.05, 3.63) is 6.33 Å². The second kappa shape index (κ2) is 3.69. The highest BCUT2D eigenvalue weighted by atomic mass is 32.1. The molecule has 70 valence electrons. The van der Waals surface area contributed by atoms with Gasteiger partial charge in [-0.15, -0.1) is 0 Å². The van der Waals surface area contributed by atoms with Crippen molar-refractivity contribution in [1.82, 2.24) is 14.7 Å². The maximum atomic E-state index is 11.2. The fourth-order valence-corrected chi connectivity index (χ4v) is 1.34. The van der Waals surface area contributed by atoms with Crippen molar-refractivity contribution < 1.29 is 4.79 Å². The highest BCUT2D eigenvalue weighted by molar-refractivity contribution is 7.09. The summed E-state index contributed by atoms with van der Waals surface area (Å²) in [4.78, 5) is 15.1. The monoisotopic (exact) mass is 198 g/mol. The molecule has 6 heteroatoms. The minimum Gasteiger partial charge on any atom is -0.352 e. The predicted octanol–water partition coefficient (Wildman–Crippen LogP) is 0.229. The standard InChI is InChI=1S/C7H10N4OS/c12-6(11-5-1-2-5)3-8-7-9-4-10-13-7/h4-5H,1-3H2,(H,11,12)(H,8,9,10). The smallest absolute Gasteiger partial charge is 0.239 e. The normalized spacial score (nSPS) is 15.4. The maximum absolute atomic E-state index is 11.2. The Bertz CT molecular complexity index is 283. The molecule has 0 aromatic carbocycles. The molecule has 1 heterocycles. The predicted molar refractivity (Wildman–Crippen MR) is 49.6 cm³/mol. The van der Waals surface area contributed by atoms with E-state index in [1.54, 1.807) is 0 Å². The van der Waals surface area contributed by atoms with Crippen molar-refractivity contribution in [3.8, 4) is 0 Å². The second-order valence-corrected chi connectivity index (χ2v) is 3.72. The van der Waals surface area contributed by atoms with E-state index in [0.29, 0.717) is 11.2 Å². The average molecular weight is 198 g/mol. The third-order valence-corrected chi connectivity index (χ3v) is 2.33. The van der Waals surface area contributed by atoms with Crippen LogP contribution in [-0.2, 0) is 4.79 Å². The highest BCUT2D eigenvalue weighted by Crippen LogP contribution is 2.18. The van der Waals surface area contributed by atoms with Crippen LogP contribution >= 0.6 is 11.5 Å². The molecular weight excluding hydrogens is 188 g/mol.